The number of rotatable bonds is 7. The number of carbonyl (C=O) groups excluding carboxylic acids is 1. The second-order valence-electron chi connectivity index (χ2n) is 4.42. The lowest BCUT2D eigenvalue weighted by Gasteiger charge is -2.10. The minimum atomic E-state index is -0.288. The van der Waals surface area contributed by atoms with Crippen LogP contribution in [-0.4, -0.2) is 29.7 Å². The summed E-state index contributed by atoms with van der Waals surface area (Å²) in [7, 11) is 1.37. The van der Waals surface area contributed by atoms with Crippen LogP contribution < -0.4 is 10.6 Å². The molecule has 1 aromatic rings. The van der Waals surface area contributed by atoms with Crippen molar-refractivity contribution in [1.82, 2.24) is 10.3 Å². The van der Waals surface area contributed by atoms with Crippen LogP contribution in [0, 0.1) is 0 Å². The summed E-state index contributed by atoms with van der Waals surface area (Å²) in [6.07, 6.45) is 6.97. The molecule has 0 aliphatic rings. The summed E-state index contributed by atoms with van der Waals surface area (Å²) in [5.41, 5.74) is 1.55. The fourth-order valence-corrected chi connectivity index (χ4v) is 1.86. The lowest BCUT2D eigenvalue weighted by Crippen LogP contribution is -2.29. The molecule has 0 spiro atoms. The Hall–Kier alpha value is -1.69. The number of aromatic nitrogens is 1. The molecule has 0 bridgehead atoms. The van der Waals surface area contributed by atoms with Crippen molar-refractivity contribution in [2.75, 3.05) is 19.0 Å². The zero-order valence-electron chi connectivity index (χ0n) is 11.9. The maximum Gasteiger partial charge on any atom is 0.310 e. The summed E-state index contributed by atoms with van der Waals surface area (Å²) < 4.78 is 4.63. The summed E-state index contributed by atoms with van der Waals surface area (Å²) >= 11 is 5.20. The predicted octanol–water partition coefficient (Wildman–Crippen LogP) is 2.27. The van der Waals surface area contributed by atoms with Gasteiger partial charge in [0.2, 0.25) is 0 Å². The number of nitrogens with zero attached hydrogens (tertiary/aromatic N) is 1. The number of esters is 1. The Morgan fingerprint density at radius 3 is 2.90 bits per heavy atom. The largest absolute Gasteiger partial charge is 0.469 e. The highest BCUT2D eigenvalue weighted by Crippen LogP contribution is 2.09. The van der Waals surface area contributed by atoms with E-state index in [9.17, 15) is 4.79 Å². The van der Waals surface area contributed by atoms with E-state index in [1.54, 1.807) is 12.4 Å². The maximum atomic E-state index is 11.2. The van der Waals surface area contributed by atoms with Gasteiger partial charge in [-0.1, -0.05) is 19.8 Å². The third kappa shape index (κ3) is 6.47. The summed E-state index contributed by atoms with van der Waals surface area (Å²) in [5, 5.41) is 6.76. The molecule has 0 saturated heterocycles. The smallest absolute Gasteiger partial charge is 0.310 e. The second-order valence-corrected chi connectivity index (χ2v) is 4.83. The molecule has 6 heteroatoms. The fourth-order valence-electron chi connectivity index (χ4n) is 1.64. The number of anilines is 1. The zero-order valence-corrected chi connectivity index (χ0v) is 12.8. The molecule has 0 aromatic carbocycles. The third-order valence-electron chi connectivity index (χ3n) is 2.69. The van der Waals surface area contributed by atoms with Gasteiger partial charge in [0.15, 0.2) is 5.11 Å². The minimum absolute atomic E-state index is 0.204. The monoisotopic (exact) mass is 295 g/mol. The first kappa shape index (κ1) is 16.4. The van der Waals surface area contributed by atoms with Crippen LogP contribution in [0.5, 0.6) is 0 Å². The maximum absolute atomic E-state index is 11.2. The number of pyridine rings is 1. The van der Waals surface area contributed by atoms with Crippen LogP contribution >= 0.6 is 12.2 Å². The Balaban J connectivity index is 2.45. The lowest BCUT2D eigenvalue weighted by molar-refractivity contribution is -0.139. The van der Waals surface area contributed by atoms with Gasteiger partial charge in [-0.05, 0) is 30.3 Å². The number of carbonyl (C=O) groups is 1. The van der Waals surface area contributed by atoms with Crippen LogP contribution in [-0.2, 0) is 16.0 Å². The van der Waals surface area contributed by atoms with Gasteiger partial charge in [0.1, 0.15) is 0 Å². The molecule has 1 rings (SSSR count). The van der Waals surface area contributed by atoms with Crippen molar-refractivity contribution in [1.29, 1.82) is 0 Å². The molecule has 0 atom stereocenters. The lowest BCUT2D eigenvalue weighted by atomic mass is 10.2. The molecule has 1 heterocycles. The molecular formula is C14H21N3O2S. The van der Waals surface area contributed by atoms with Gasteiger partial charge < -0.3 is 15.4 Å². The van der Waals surface area contributed by atoms with Crippen molar-refractivity contribution in [3.63, 3.8) is 0 Å². The zero-order chi connectivity index (χ0) is 14.8. The molecular weight excluding hydrogens is 274 g/mol. The van der Waals surface area contributed by atoms with E-state index in [0.717, 1.165) is 24.2 Å². The normalized spacial score (nSPS) is 9.90. The SMILES string of the molecule is CCCCCNC(=S)Nc1cncc(CC(=O)OC)c1. The number of unbranched alkanes of at least 4 members (excludes halogenated alkanes) is 2. The van der Waals surface area contributed by atoms with E-state index >= 15 is 0 Å². The number of methoxy groups -OCH3 is 1. The molecule has 2 N–H and O–H groups in total. The molecule has 5 nitrogen and oxygen atoms in total. The van der Waals surface area contributed by atoms with Crippen molar-refractivity contribution in [3.05, 3.63) is 24.0 Å². The Kier molecular flexibility index (Phi) is 7.57. The summed E-state index contributed by atoms with van der Waals surface area (Å²) in [4.78, 5) is 15.3. The van der Waals surface area contributed by atoms with Crippen LogP contribution in [0.3, 0.4) is 0 Å². The van der Waals surface area contributed by atoms with Crippen molar-refractivity contribution < 1.29 is 9.53 Å². The van der Waals surface area contributed by atoms with Crippen molar-refractivity contribution in [2.24, 2.45) is 0 Å². The van der Waals surface area contributed by atoms with Gasteiger partial charge in [-0.2, -0.15) is 0 Å². The quantitative estimate of drug-likeness (QED) is 0.457. The van der Waals surface area contributed by atoms with E-state index in [4.69, 9.17) is 12.2 Å². The van der Waals surface area contributed by atoms with Crippen molar-refractivity contribution >= 4 is 29.0 Å². The average Bonchev–Trinajstić information content (AvgIpc) is 2.44. The van der Waals surface area contributed by atoms with E-state index in [-0.39, 0.29) is 12.4 Å². The van der Waals surface area contributed by atoms with Gasteiger partial charge in [-0.15, -0.1) is 0 Å². The predicted molar refractivity (Wildman–Crippen MR) is 83.7 cm³/mol. The van der Waals surface area contributed by atoms with Gasteiger partial charge in [-0.3, -0.25) is 9.78 Å². The first-order chi connectivity index (χ1) is 9.65. The van der Waals surface area contributed by atoms with Gasteiger partial charge in [0.05, 0.1) is 25.4 Å². The minimum Gasteiger partial charge on any atom is -0.469 e. The molecule has 0 aliphatic heterocycles. The molecule has 0 fully saturated rings. The molecule has 0 aliphatic carbocycles. The van der Waals surface area contributed by atoms with E-state index in [1.165, 1.54) is 20.0 Å². The molecule has 110 valence electrons. The van der Waals surface area contributed by atoms with E-state index in [2.05, 4.69) is 27.3 Å². The van der Waals surface area contributed by atoms with Gasteiger partial charge in [0, 0.05) is 12.7 Å². The fraction of sp³-hybridized carbons (Fsp3) is 0.500. The van der Waals surface area contributed by atoms with Crippen molar-refractivity contribution in [3.8, 4) is 0 Å². The van der Waals surface area contributed by atoms with Crippen LogP contribution in [0.1, 0.15) is 31.7 Å². The van der Waals surface area contributed by atoms with Crippen LogP contribution in [0.15, 0.2) is 18.5 Å². The third-order valence-corrected chi connectivity index (χ3v) is 2.94. The van der Waals surface area contributed by atoms with Gasteiger partial charge in [0.25, 0.3) is 0 Å². The molecule has 0 unspecified atom stereocenters. The standard InChI is InChI=1S/C14H21N3O2S/c1-3-4-5-6-16-14(20)17-12-7-11(9-15-10-12)8-13(18)19-2/h7,9-10H,3-6,8H2,1-2H3,(H2,16,17,20). The Morgan fingerprint density at radius 2 is 2.20 bits per heavy atom. The van der Waals surface area contributed by atoms with E-state index < -0.39 is 0 Å². The molecule has 0 radical (unpaired) electrons. The topological polar surface area (TPSA) is 63.2 Å². The highest BCUT2D eigenvalue weighted by atomic mass is 32.1. The summed E-state index contributed by atoms with van der Waals surface area (Å²) in [6, 6.07) is 1.84. The highest BCUT2D eigenvalue weighted by molar-refractivity contribution is 7.80. The molecule has 0 saturated carbocycles. The van der Waals surface area contributed by atoms with Gasteiger partial charge in [-0.25, -0.2) is 0 Å². The Bertz CT molecular complexity index is 452. The van der Waals surface area contributed by atoms with Crippen LogP contribution in [0.2, 0.25) is 0 Å². The number of hydrogen-bond acceptors (Lipinski definition) is 4. The molecule has 20 heavy (non-hydrogen) atoms. The number of hydrogen-bond donors (Lipinski definition) is 2. The molecule has 1 aromatic heterocycles. The number of thiocarbonyl (C=S) groups is 1. The average molecular weight is 295 g/mol. The Morgan fingerprint density at radius 1 is 1.40 bits per heavy atom. The summed E-state index contributed by atoms with van der Waals surface area (Å²) in [6.45, 7) is 3.02. The molecule has 0 amide bonds. The van der Waals surface area contributed by atoms with Crippen molar-refractivity contribution in [2.45, 2.75) is 32.6 Å². The first-order valence-electron chi connectivity index (χ1n) is 6.71. The number of nitrogens with one attached hydrogen (secondary N) is 2. The van der Waals surface area contributed by atoms with E-state index in [0.29, 0.717) is 5.11 Å². The van der Waals surface area contributed by atoms with E-state index in [1.807, 2.05) is 6.07 Å². The highest BCUT2D eigenvalue weighted by Gasteiger charge is 2.05. The second kappa shape index (κ2) is 9.25. The first-order valence-corrected chi connectivity index (χ1v) is 7.12. The van der Waals surface area contributed by atoms with Crippen LogP contribution in [0.4, 0.5) is 5.69 Å². The van der Waals surface area contributed by atoms with Gasteiger partial charge >= 0.3 is 5.97 Å². The Labute approximate surface area is 125 Å². The summed E-state index contributed by atoms with van der Waals surface area (Å²) in [5.74, 6) is -0.288. The number of ether oxygens (including phenoxy) is 1. The van der Waals surface area contributed by atoms with Crippen LogP contribution in [0.25, 0.3) is 0 Å².